The second-order valence-corrected chi connectivity index (χ2v) is 3.26. The van der Waals surface area contributed by atoms with E-state index in [9.17, 15) is 4.79 Å². The van der Waals surface area contributed by atoms with Crippen LogP contribution >= 0.6 is 0 Å². The first-order chi connectivity index (χ1) is 6.27. The molecule has 0 radical (unpaired) electrons. The van der Waals surface area contributed by atoms with E-state index in [0.717, 1.165) is 19.5 Å². The van der Waals surface area contributed by atoms with E-state index in [-0.39, 0.29) is 5.91 Å². The molecule has 0 aliphatic carbocycles. The van der Waals surface area contributed by atoms with Crippen LogP contribution < -0.4 is 16.4 Å². The van der Waals surface area contributed by atoms with Crippen LogP contribution in [0, 0.1) is 0 Å². The third-order valence-corrected chi connectivity index (χ3v) is 1.87. The van der Waals surface area contributed by atoms with Crippen LogP contribution in [0.5, 0.6) is 0 Å². The van der Waals surface area contributed by atoms with Crippen molar-refractivity contribution in [2.24, 2.45) is 0 Å². The Morgan fingerprint density at radius 1 is 1.31 bits per heavy atom. The van der Waals surface area contributed by atoms with Gasteiger partial charge in [0, 0.05) is 19.9 Å². The molecule has 0 spiro atoms. The number of quaternary nitrogens is 2. The van der Waals surface area contributed by atoms with E-state index >= 15 is 0 Å². The highest BCUT2D eigenvalue weighted by Crippen LogP contribution is 1.81. The average molecular weight is 189 g/mol. The summed E-state index contributed by atoms with van der Waals surface area (Å²) in [6, 6.07) is 0. The van der Waals surface area contributed by atoms with Crippen LogP contribution in [0.1, 0.15) is 26.2 Å². The van der Waals surface area contributed by atoms with Crippen molar-refractivity contribution in [1.82, 2.24) is 5.32 Å². The van der Waals surface area contributed by atoms with Gasteiger partial charge in [0.2, 0.25) is 5.91 Å². The molecule has 6 N–H and O–H groups in total. The summed E-state index contributed by atoms with van der Waals surface area (Å²) in [5.74, 6) is 0.0704. The lowest BCUT2D eigenvalue weighted by Crippen LogP contribution is -2.84. The van der Waals surface area contributed by atoms with E-state index < -0.39 is 0 Å². The topological polar surface area (TPSA) is 73.3 Å². The second-order valence-electron chi connectivity index (χ2n) is 3.26. The van der Waals surface area contributed by atoms with Gasteiger partial charge in [0.15, 0.2) is 0 Å². The molecule has 78 valence electrons. The Labute approximate surface area is 80.3 Å². The van der Waals surface area contributed by atoms with Crippen molar-refractivity contribution in [2.75, 3.05) is 26.2 Å². The summed E-state index contributed by atoms with van der Waals surface area (Å²) in [4.78, 5) is 10.5. The molecule has 0 aromatic heterocycles. The first-order valence-electron chi connectivity index (χ1n) is 5.12. The van der Waals surface area contributed by atoms with E-state index in [4.69, 9.17) is 0 Å². The SMILES string of the molecule is CC(=O)NCCCC[NH2+]CCC[NH3+]. The van der Waals surface area contributed by atoms with Crippen molar-refractivity contribution in [3.8, 4) is 0 Å². The summed E-state index contributed by atoms with van der Waals surface area (Å²) >= 11 is 0. The van der Waals surface area contributed by atoms with Crippen molar-refractivity contribution < 1.29 is 15.8 Å². The monoisotopic (exact) mass is 189 g/mol. The molecule has 0 aliphatic heterocycles. The zero-order chi connectivity index (χ0) is 9.94. The van der Waals surface area contributed by atoms with Crippen LogP contribution in [0.25, 0.3) is 0 Å². The molecule has 4 heteroatoms. The average Bonchev–Trinajstić information content (AvgIpc) is 2.09. The molecule has 0 aromatic carbocycles. The molecule has 0 saturated carbocycles. The number of hydrogen-bond acceptors (Lipinski definition) is 1. The Morgan fingerprint density at radius 2 is 2.00 bits per heavy atom. The summed E-state index contributed by atoms with van der Waals surface area (Å²) in [5.41, 5.74) is 3.78. The summed E-state index contributed by atoms with van der Waals surface area (Å²) in [5, 5.41) is 5.10. The lowest BCUT2D eigenvalue weighted by molar-refractivity contribution is -0.657. The normalized spacial score (nSPS) is 10.0. The van der Waals surface area contributed by atoms with E-state index in [1.807, 2.05) is 0 Å². The highest BCUT2D eigenvalue weighted by molar-refractivity contribution is 5.72. The maximum Gasteiger partial charge on any atom is 0.216 e. The molecular weight excluding hydrogens is 166 g/mol. The highest BCUT2D eigenvalue weighted by Gasteiger charge is 1.93. The van der Waals surface area contributed by atoms with Gasteiger partial charge in [-0.15, -0.1) is 0 Å². The van der Waals surface area contributed by atoms with E-state index in [1.54, 1.807) is 6.92 Å². The first-order valence-corrected chi connectivity index (χ1v) is 5.12. The lowest BCUT2D eigenvalue weighted by atomic mass is 10.3. The molecule has 1 amide bonds. The van der Waals surface area contributed by atoms with Gasteiger partial charge in [-0.3, -0.25) is 4.79 Å². The largest absolute Gasteiger partial charge is 0.357 e. The second kappa shape index (κ2) is 9.48. The molecule has 0 unspecified atom stereocenters. The number of carbonyl (C=O) groups is 1. The van der Waals surface area contributed by atoms with Crippen LogP contribution in [0.2, 0.25) is 0 Å². The standard InChI is InChI=1S/C9H21N3O/c1-9(13)12-8-3-2-6-11-7-4-5-10/h11H,2-8,10H2,1H3,(H,12,13)/p+2. The number of carbonyl (C=O) groups excluding carboxylic acids is 1. The van der Waals surface area contributed by atoms with Crippen LogP contribution in [-0.2, 0) is 4.79 Å². The quantitative estimate of drug-likeness (QED) is 0.383. The van der Waals surface area contributed by atoms with Crippen molar-refractivity contribution in [3.05, 3.63) is 0 Å². The number of unbranched alkanes of at least 4 members (excludes halogenated alkanes) is 1. The first kappa shape index (κ1) is 12.4. The van der Waals surface area contributed by atoms with Gasteiger partial charge >= 0.3 is 0 Å². The van der Waals surface area contributed by atoms with Crippen LogP contribution in [-0.4, -0.2) is 32.1 Å². The van der Waals surface area contributed by atoms with E-state index in [1.165, 1.54) is 25.9 Å². The van der Waals surface area contributed by atoms with Gasteiger partial charge in [0.05, 0.1) is 19.6 Å². The minimum atomic E-state index is 0.0704. The zero-order valence-corrected chi connectivity index (χ0v) is 8.64. The fourth-order valence-electron chi connectivity index (χ4n) is 1.11. The lowest BCUT2D eigenvalue weighted by Gasteiger charge is -2.01. The summed E-state index contributed by atoms with van der Waals surface area (Å²) in [7, 11) is 0. The maximum atomic E-state index is 10.5. The minimum absolute atomic E-state index is 0.0704. The number of nitrogens with one attached hydrogen (secondary N) is 1. The fraction of sp³-hybridized carbons (Fsp3) is 0.889. The van der Waals surface area contributed by atoms with Crippen LogP contribution in [0.4, 0.5) is 0 Å². The molecule has 0 saturated heterocycles. The number of nitrogens with two attached hydrogens (primary N) is 1. The third kappa shape index (κ3) is 11.4. The van der Waals surface area contributed by atoms with Crippen LogP contribution in [0.3, 0.4) is 0 Å². The molecule has 13 heavy (non-hydrogen) atoms. The number of amides is 1. The maximum absolute atomic E-state index is 10.5. The van der Waals surface area contributed by atoms with E-state index in [0.29, 0.717) is 0 Å². The molecule has 0 rings (SSSR count). The third-order valence-electron chi connectivity index (χ3n) is 1.87. The Bertz CT molecular complexity index is 128. The van der Waals surface area contributed by atoms with Crippen molar-refractivity contribution in [3.63, 3.8) is 0 Å². The predicted octanol–water partition coefficient (Wildman–Crippen LogP) is -1.90. The van der Waals surface area contributed by atoms with Gasteiger partial charge in [-0.25, -0.2) is 0 Å². The van der Waals surface area contributed by atoms with Gasteiger partial charge in [-0.1, -0.05) is 0 Å². The Hall–Kier alpha value is -0.610. The van der Waals surface area contributed by atoms with Gasteiger partial charge in [0.1, 0.15) is 0 Å². The molecule has 0 heterocycles. The molecule has 4 nitrogen and oxygen atoms in total. The molecule has 0 aliphatic rings. The predicted molar refractivity (Wildman–Crippen MR) is 51.9 cm³/mol. The summed E-state index contributed by atoms with van der Waals surface area (Å²) < 4.78 is 0. The highest BCUT2D eigenvalue weighted by atomic mass is 16.1. The van der Waals surface area contributed by atoms with Gasteiger partial charge in [0.25, 0.3) is 0 Å². The van der Waals surface area contributed by atoms with Gasteiger partial charge in [-0.05, 0) is 12.8 Å². The van der Waals surface area contributed by atoms with Crippen molar-refractivity contribution >= 4 is 5.91 Å². The summed E-state index contributed by atoms with van der Waals surface area (Å²) in [6.45, 7) is 5.75. The smallest absolute Gasteiger partial charge is 0.216 e. The van der Waals surface area contributed by atoms with Crippen molar-refractivity contribution in [2.45, 2.75) is 26.2 Å². The molecule has 0 atom stereocenters. The zero-order valence-electron chi connectivity index (χ0n) is 8.64. The minimum Gasteiger partial charge on any atom is -0.357 e. The molecule has 0 aromatic rings. The molecule has 0 fully saturated rings. The van der Waals surface area contributed by atoms with E-state index in [2.05, 4.69) is 16.4 Å². The Morgan fingerprint density at radius 3 is 2.62 bits per heavy atom. The molecular formula is C9H23N3O+2. The Kier molecular flexibility index (Phi) is 9.03. The summed E-state index contributed by atoms with van der Waals surface area (Å²) in [6.07, 6.45) is 3.46. The number of rotatable bonds is 8. The van der Waals surface area contributed by atoms with Gasteiger partial charge < -0.3 is 16.4 Å². The van der Waals surface area contributed by atoms with Crippen LogP contribution in [0.15, 0.2) is 0 Å². The fourth-order valence-corrected chi connectivity index (χ4v) is 1.11. The Balaban J connectivity index is 2.87. The van der Waals surface area contributed by atoms with Gasteiger partial charge in [-0.2, -0.15) is 0 Å². The van der Waals surface area contributed by atoms with Crippen molar-refractivity contribution in [1.29, 1.82) is 0 Å². The number of hydrogen-bond donors (Lipinski definition) is 3. The molecule has 0 bridgehead atoms.